The van der Waals surface area contributed by atoms with Gasteiger partial charge in [-0.2, -0.15) is 0 Å². The average Bonchev–Trinajstić information content (AvgIpc) is 2.44. The fraction of sp³-hybridized carbons (Fsp3) is 0.417. The topological polar surface area (TPSA) is 107 Å². The summed E-state index contributed by atoms with van der Waals surface area (Å²) in [6.07, 6.45) is 0. The predicted molar refractivity (Wildman–Crippen MR) is 76.7 cm³/mol. The van der Waals surface area contributed by atoms with Gasteiger partial charge in [-0.3, -0.25) is 19.2 Å². The van der Waals surface area contributed by atoms with E-state index in [1.807, 2.05) is 0 Å². The van der Waals surface area contributed by atoms with Gasteiger partial charge >= 0.3 is 5.97 Å². The lowest BCUT2D eigenvalue weighted by Crippen LogP contribution is -2.37. The molecule has 0 heterocycles. The first-order valence-corrected chi connectivity index (χ1v) is 7.66. The summed E-state index contributed by atoms with van der Waals surface area (Å²) in [5, 5.41) is 10.7. The number of sulfonamides is 1. The number of nitro benzene ring substituents is 1. The van der Waals surface area contributed by atoms with Crippen LogP contribution in [0, 0.1) is 17.0 Å². The molecule has 0 aliphatic carbocycles. The summed E-state index contributed by atoms with van der Waals surface area (Å²) in [5.41, 5.74) is 0.446. The number of methoxy groups -OCH3 is 1. The Morgan fingerprint density at radius 1 is 1.43 bits per heavy atom. The van der Waals surface area contributed by atoms with Gasteiger partial charge in [0.25, 0.3) is 5.69 Å². The van der Waals surface area contributed by atoms with Crippen LogP contribution in [0.2, 0.25) is 0 Å². The Morgan fingerprint density at radius 3 is 2.48 bits per heavy atom. The van der Waals surface area contributed by atoms with Crippen molar-refractivity contribution in [3.8, 4) is 0 Å². The van der Waals surface area contributed by atoms with Gasteiger partial charge in [-0.1, -0.05) is 0 Å². The Bertz CT molecular complexity index is 656. The summed E-state index contributed by atoms with van der Waals surface area (Å²) >= 11 is 0. The predicted octanol–water partition coefficient (Wildman–Crippen LogP) is 1.23. The second kappa shape index (κ2) is 6.53. The highest BCUT2D eigenvalue weighted by molar-refractivity contribution is 7.92. The average molecular weight is 316 g/mol. The highest BCUT2D eigenvalue weighted by atomic mass is 32.2. The Labute approximate surface area is 122 Å². The summed E-state index contributed by atoms with van der Waals surface area (Å²) in [4.78, 5) is 21.5. The molecule has 1 aromatic rings. The lowest BCUT2D eigenvalue weighted by Gasteiger charge is -2.24. The zero-order valence-corrected chi connectivity index (χ0v) is 12.7. The van der Waals surface area contributed by atoms with Crippen molar-refractivity contribution < 1.29 is 22.9 Å². The number of carbonyl (C=O) groups is 1. The van der Waals surface area contributed by atoms with Crippen LogP contribution in [-0.2, 0) is 19.6 Å². The van der Waals surface area contributed by atoms with Crippen molar-refractivity contribution in [2.24, 2.45) is 0 Å². The van der Waals surface area contributed by atoms with Crippen LogP contribution >= 0.6 is 0 Å². The molecule has 0 amide bonds. The molecule has 0 saturated heterocycles. The van der Waals surface area contributed by atoms with Gasteiger partial charge in [0.1, 0.15) is 6.54 Å². The zero-order chi connectivity index (χ0) is 16.2. The van der Waals surface area contributed by atoms with Gasteiger partial charge in [0, 0.05) is 12.1 Å². The van der Waals surface area contributed by atoms with Crippen LogP contribution in [0.15, 0.2) is 18.2 Å². The number of aryl methyl sites for hydroxylation is 1. The van der Waals surface area contributed by atoms with E-state index in [4.69, 9.17) is 0 Å². The van der Waals surface area contributed by atoms with Gasteiger partial charge in [0.15, 0.2) is 0 Å². The van der Waals surface area contributed by atoms with E-state index in [0.717, 1.165) is 11.4 Å². The van der Waals surface area contributed by atoms with E-state index in [1.165, 1.54) is 32.0 Å². The van der Waals surface area contributed by atoms with E-state index >= 15 is 0 Å². The molecule has 0 atom stereocenters. The largest absolute Gasteiger partial charge is 0.468 e. The Morgan fingerprint density at radius 2 is 2.05 bits per heavy atom. The maximum Gasteiger partial charge on any atom is 0.326 e. The summed E-state index contributed by atoms with van der Waals surface area (Å²) in [5.74, 6) is -0.926. The van der Waals surface area contributed by atoms with E-state index < -0.39 is 27.5 Å². The summed E-state index contributed by atoms with van der Waals surface area (Å²) < 4.78 is 29.6. The molecule has 116 valence electrons. The molecule has 0 saturated carbocycles. The van der Waals surface area contributed by atoms with Crippen molar-refractivity contribution in [2.45, 2.75) is 13.8 Å². The van der Waals surface area contributed by atoms with Crippen LogP contribution in [0.5, 0.6) is 0 Å². The molecule has 9 heteroatoms. The lowest BCUT2D eigenvalue weighted by atomic mass is 10.2. The van der Waals surface area contributed by atoms with Crippen LogP contribution < -0.4 is 4.31 Å². The number of nitrogens with zero attached hydrogens (tertiary/aromatic N) is 2. The zero-order valence-electron chi connectivity index (χ0n) is 11.9. The van der Waals surface area contributed by atoms with Gasteiger partial charge in [-0.05, 0) is 25.5 Å². The Kier molecular flexibility index (Phi) is 5.25. The number of esters is 1. The van der Waals surface area contributed by atoms with Crippen molar-refractivity contribution in [3.05, 3.63) is 33.9 Å². The summed E-state index contributed by atoms with van der Waals surface area (Å²) in [6, 6.07) is 3.76. The maximum atomic E-state index is 12.1. The van der Waals surface area contributed by atoms with E-state index in [-0.39, 0.29) is 17.1 Å². The van der Waals surface area contributed by atoms with Crippen molar-refractivity contribution >= 4 is 27.4 Å². The fourth-order valence-electron chi connectivity index (χ4n) is 1.70. The molecule has 0 fully saturated rings. The molecule has 21 heavy (non-hydrogen) atoms. The molecule has 0 unspecified atom stereocenters. The standard InChI is InChI=1S/C12H16N2O6S/c1-4-21(18,19)13(8-12(15)20-3)11-6-5-10(14(16)17)7-9(11)2/h5-7H,4,8H2,1-3H3. The summed E-state index contributed by atoms with van der Waals surface area (Å²) in [6.45, 7) is 2.50. The van der Waals surface area contributed by atoms with Crippen molar-refractivity contribution in [2.75, 3.05) is 23.7 Å². The van der Waals surface area contributed by atoms with Crippen LogP contribution in [0.4, 0.5) is 11.4 Å². The molecule has 0 aliphatic heterocycles. The van der Waals surface area contributed by atoms with Gasteiger partial charge < -0.3 is 4.74 Å². The number of nitro groups is 1. The SMILES string of the molecule is CCS(=O)(=O)N(CC(=O)OC)c1ccc([N+](=O)[O-])cc1C. The maximum absolute atomic E-state index is 12.1. The van der Waals surface area contributed by atoms with Crippen LogP contribution in [0.3, 0.4) is 0 Å². The summed E-state index contributed by atoms with van der Waals surface area (Å²) in [7, 11) is -2.56. The van der Waals surface area contributed by atoms with Crippen LogP contribution in [0.1, 0.15) is 12.5 Å². The number of rotatable bonds is 6. The number of hydrogen-bond donors (Lipinski definition) is 0. The highest BCUT2D eigenvalue weighted by Crippen LogP contribution is 2.27. The van der Waals surface area contributed by atoms with E-state index in [9.17, 15) is 23.3 Å². The van der Waals surface area contributed by atoms with E-state index in [0.29, 0.717) is 5.56 Å². The third-order valence-electron chi connectivity index (χ3n) is 2.86. The smallest absolute Gasteiger partial charge is 0.326 e. The quantitative estimate of drug-likeness (QED) is 0.444. The molecule has 8 nitrogen and oxygen atoms in total. The first-order valence-electron chi connectivity index (χ1n) is 6.05. The lowest BCUT2D eigenvalue weighted by molar-refractivity contribution is -0.384. The number of ether oxygens (including phenoxy) is 1. The monoisotopic (exact) mass is 316 g/mol. The van der Waals surface area contributed by atoms with E-state index in [1.54, 1.807) is 0 Å². The van der Waals surface area contributed by atoms with Crippen LogP contribution in [-0.4, -0.2) is 38.7 Å². The number of carbonyl (C=O) groups excluding carboxylic acids is 1. The molecule has 1 rings (SSSR count). The fourth-order valence-corrected chi connectivity index (χ4v) is 2.82. The molecule has 0 radical (unpaired) electrons. The van der Waals surface area contributed by atoms with Gasteiger partial charge in [0.2, 0.25) is 10.0 Å². The molecule has 0 N–H and O–H groups in total. The first-order chi connectivity index (χ1) is 9.72. The van der Waals surface area contributed by atoms with Crippen molar-refractivity contribution in [1.29, 1.82) is 0 Å². The Balaban J connectivity index is 3.33. The van der Waals surface area contributed by atoms with Crippen molar-refractivity contribution in [3.63, 3.8) is 0 Å². The minimum atomic E-state index is -3.71. The van der Waals surface area contributed by atoms with Crippen LogP contribution in [0.25, 0.3) is 0 Å². The first kappa shape index (κ1) is 16.9. The van der Waals surface area contributed by atoms with E-state index in [2.05, 4.69) is 4.74 Å². The van der Waals surface area contributed by atoms with Gasteiger partial charge in [-0.15, -0.1) is 0 Å². The third kappa shape index (κ3) is 3.91. The molecule has 0 aromatic heterocycles. The third-order valence-corrected chi connectivity index (χ3v) is 4.59. The second-order valence-electron chi connectivity index (χ2n) is 4.21. The number of benzene rings is 1. The molecule has 0 spiro atoms. The highest BCUT2D eigenvalue weighted by Gasteiger charge is 2.26. The number of hydrogen-bond acceptors (Lipinski definition) is 6. The van der Waals surface area contributed by atoms with Gasteiger partial charge in [0.05, 0.1) is 23.5 Å². The minimum absolute atomic E-state index is 0.150. The normalized spacial score (nSPS) is 11.0. The number of anilines is 1. The number of non-ortho nitro benzene ring substituents is 1. The Hall–Kier alpha value is -2.16. The molecular weight excluding hydrogens is 300 g/mol. The molecule has 0 bridgehead atoms. The molecular formula is C12H16N2O6S. The second-order valence-corrected chi connectivity index (χ2v) is 6.39. The molecule has 0 aliphatic rings. The van der Waals surface area contributed by atoms with Gasteiger partial charge in [-0.25, -0.2) is 8.42 Å². The minimum Gasteiger partial charge on any atom is -0.468 e. The molecule has 1 aromatic carbocycles. The van der Waals surface area contributed by atoms with Crippen molar-refractivity contribution in [1.82, 2.24) is 0 Å².